The van der Waals surface area contributed by atoms with Crippen molar-refractivity contribution in [1.29, 1.82) is 0 Å². The Balaban J connectivity index is 1.53. The number of sulfonamides is 1. The molecule has 0 aromatic heterocycles. The lowest BCUT2D eigenvalue weighted by molar-refractivity contribution is 0.0924. The number of hydrogen-bond acceptors (Lipinski definition) is 4. The molecule has 0 saturated heterocycles. The fourth-order valence-electron chi connectivity index (χ4n) is 3.03. The van der Waals surface area contributed by atoms with Gasteiger partial charge < -0.3 is 10.1 Å². The number of hydrogen-bond donors (Lipinski definition) is 2. The van der Waals surface area contributed by atoms with Gasteiger partial charge in [0, 0.05) is 23.6 Å². The van der Waals surface area contributed by atoms with E-state index in [-0.39, 0.29) is 22.9 Å². The van der Waals surface area contributed by atoms with E-state index in [1.807, 2.05) is 24.3 Å². The third-order valence-electron chi connectivity index (χ3n) is 4.57. The molecule has 0 bridgehead atoms. The molecule has 6 nitrogen and oxygen atoms in total. The molecule has 1 saturated carbocycles. The fraction of sp³-hybridized carbons (Fsp3) is 0.316. The van der Waals surface area contributed by atoms with Gasteiger partial charge in [-0.15, -0.1) is 0 Å². The molecule has 7 heteroatoms. The Morgan fingerprint density at radius 3 is 2.65 bits per heavy atom. The van der Waals surface area contributed by atoms with Gasteiger partial charge >= 0.3 is 0 Å². The smallest absolute Gasteiger partial charge is 0.251 e. The van der Waals surface area contributed by atoms with E-state index in [0.717, 1.165) is 24.2 Å². The molecule has 2 aromatic rings. The van der Waals surface area contributed by atoms with Crippen LogP contribution in [0.3, 0.4) is 0 Å². The zero-order chi connectivity index (χ0) is 18.1. The zero-order valence-electron chi connectivity index (χ0n) is 14.1. The van der Waals surface area contributed by atoms with Crippen LogP contribution in [-0.4, -0.2) is 27.0 Å². The molecule has 1 atom stereocenters. The van der Waals surface area contributed by atoms with E-state index >= 15 is 0 Å². The van der Waals surface area contributed by atoms with Crippen LogP contribution >= 0.6 is 0 Å². The Labute approximate surface area is 152 Å². The lowest BCUT2D eigenvalue weighted by Crippen LogP contribution is -2.32. The summed E-state index contributed by atoms with van der Waals surface area (Å²) in [6, 6.07) is 13.6. The molecule has 1 aliphatic heterocycles. The van der Waals surface area contributed by atoms with E-state index in [2.05, 4.69) is 10.0 Å². The molecule has 0 spiro atoms. The summed E-state index contributed by atoms with van der Waals surface area (Å²) in [5.74, 6) is 0.476. The Bertz CT molecular complexity index is 938. The monoisotopic (exact) mass is 372 g/mol. The maximum atomic E-state index is 12.7. The van der Waals surface area contributed by atoms with Crippen molar-refractivity contribution in [2.45, 2.75) is 36.2 Å². The predicted octanol–water partition coefficient (Wildman–Crippen LogP) is 2.38. The second kappa shape index (κ2) is 6.74. The predicted molar refractivity (Wildman–Crippen MR) is 96.5 cm³/mol. The molecule has 2 N–H and O–H groups in total. The molecule has 0 radical (unpaired) electrons. The van der Waals surface area contributed by atoms with Crippen LogP contribution in [0.4, 0.5) is 0 Å². The van der Waals surface area contributed by atoms with Crippen molar-refractivity contribution in [2.75, 3.05) is 6.61 Å². The molecule has 1 fully saturated rings. The van der Waals surface area contributed by atoms with E-state index in [1.165, 1.54) is 12.1 Å². The van der Waals surface area contributed by atoms with Crippen LogP contribution < -0.4 is 14.8 Å². The topological polar surface area (TPSA) is 84.5 Å². The van der Waals surface area contributed by atoms with Gasteiger partial charge in [-0.3, -0.25) is 4.79 Å². The van der Waals surface area contributed by atoms with E-state index < -0.39 is 10.0 Å². The van der Waals surface area contributed by atoms with Crippen molar-refractivity contribution in [3.05, 3.63) is 59.7 Å². The number of benzene rings is 2. The van der Waals surface area contributed by atoms with Crippen molar-refractivity contribution < 1.29 is 17.9 Å². The van der Waals surface area contributed by atoms with Crippen LogP contribution in [0.5, 0.6) is 5.75 Å². The number of carbonyl (C=O) groups is 1. The summed E-state index contributed by atoms with van der Waals surface area (Å²) >= 11 is 0. The van der Waals surface area contributed by atoms with Crippen LogP contribution in [0.1, 0.15) is 41.2 Å². The van der Waals surface area contributed by atoms with Gasteiger partial charge in [-0.25, -0.2) is 13.1 Å². The third-order valence-corrected chi connectivity index (χ3v) is 6.09. The van der Waals surface area contributed by atoms with Gasteiger partial charge in [0.2, 0.25) is 10.0 Å². The number of rotatable bonds is 5. The molecule has 2 aliphatic rings. The minimum absolute atomic E-state index is 0.0243. The highest BCUT2D eigenvalue weighted by Gasteiger charge is 2.28. The third kappa shape index (κ3) is 3.59. The summed E-state index contributed by atoms with van der Waals surface area (Å²) in [4.78, 5) is 12.8. The summed E-state index contributed by atoms with van der Waals surface area (Å²) in [7, 11) is -3.58. The van der Waals surface area contributed by atoms with Crippen molar-refractivity contribution >= 4 is 15.9 Å². The highest BCUT2D eigenvalue weighted by atomic mass is 32.2. The van der Waals surface area contributed by atoms with Crippen LogP contribution in [0.15, 0.2) is 53.4 Å². The van der Waals surface area contributed by atoms with Crippen molar-refractivity contribution in [1.82, 2.24) is 10.0 Å². The zero-order valence-corrected chi connectivity index (χ0v) is 15.0. The van der Waals surface area contributed by atoms with E-state index in [9.17, 15) is 13.2 Å². The Kier molecular flexibility index (Phi) is 4.42. The highest BCUT2D eigenvalue weighted by Crippen LogP contribution is 2.31. The summed E-state index contributed by atoms with van der Waals surface area (Å²) < 4.78 is 32.9. The molecule has 4 rings (SSSR count). The van der Waals surface area contributed by atoms with E-state index in [1.54, 1.807) is 12.1 Å². The molecule has 1 heterocycles. The molecule has 1 unspecified atom stereocenters. The summed E-state index contributed by atoms with van der Waals surface area (Å²) in [6.45, 7) is 0.529. The summed E-state index contributed by atoms with van der Waals surface area (Å²) in [6.07, 6.45) is 2.40. The van der Waals surface area contributed by atoms with E-state index in [0.29, 0.717) is 18.6 Å². The Morgan fingerprint density at radius 2 is 1.85 bits per heavy atom. The van der Waals surface area contributed by atoms with Crippen LogP contribution in [-0.2, 0) is 10.0 Å². The largest absolute Gasteiger partial charge is 0.493 e. The maximum absolute atomic E-state index is 12.7. The van der Waals surface area contributed by atoms with Crippen molar-refractivity contribution in [3.63, 3.8) is 0 Å². The molecular formula is C19H20N2O4S. The summed E-state index contributed by atoms with van der Waals surface area (Å²) in [5.41, 5.74) is 1.26. The first kappa shape index (κ1) is 17.1. The number of carbonyl (C=O) groups excluding carboxylic acids is 1. The van der Waals surface area contributed by atoms with Crippen LogP contribution in [0.2, 0.25) is 0 Å². The molecule has 1 aliphatic carbocycles. The normalized spacial score (nSPS) is 19.3. The molecule has 136 valence electrons. The van der Waals surface area contributed by atoms with Gasteiger partial charge in [-0.05, 0) is 37.1 Å². The average Bonchev–Trinajstić information content (AvgIpc) is 3.45. The Hall–Kier alpha value is -2.38. The number of para-hydroxylation sites is 1. The van der Waals surface area contributed by atoms with Crippen molar-refractivity contribution in [3.8, 4) is 5.75 Å². The standard InChI is InChI=1S/C19H20N2O4S/c22-19(20-17-10-11-25-18-7-2-1-6-16(17)18)13-4-3-5-15(12-13)26(23,24)21-14-8-9-14/h1-7,12,14,17,21H,8-11H2,(H,20,22). The number of amides is 1. The SMILES string of the molecule is O=C(NC1CCOc2ccccc21)c1cccc(S(=O)(=O)NC2CC2)c1. The number of ether oxygens (including phenoxy) is 1. The quantitative estimate of drug-likeness (QED) is 0.844. The fourth-order valence-corrected chi connectivity index (χ4v) is 4.38. The van der Waals surface area contributed by atoms with Gasteiger partial charge in [0.15, 0.2) is 0 Å². The van der Waals surface area contributed by atoms with E-state index in [4.69, 9.17) is 4.74 Å². The first-order chi connectivity index (χ1) is 12.5. The minimum Gasteiger partial charge on any atom is -0.493 e. The first-order valence-electron chi connectivity index (χ1n) is 8.68. The molecule has 26 heavy (non-hydrogen) atoms. The molecular weight excluding hydrogens is 352 g/mol. The van der Waals surface area contributed by atoms with Gasteiger partial charge in [0.25, 0.3) is 5.91 Å². The summed E-state index contributed by atoms with van der Waals surface area (Å²) in [5, 5.41) is 2.99. The van der Waals surface area contributed by atoms with Gasteiger partial charge in [-0.1, -0.05) is 24.3 Å². The lowest BCUT2D eigenvalue weighted by atomic mass is 10.00. The molecule has 1 amide bonds. The maximum Gasteiger partial charge on any atom is 0.251 e. The van der Waals surface area contributed by atoms with Gasteiger partial charge in [0.1, 0.15) is 5.75 Å². The van der Waals surface area contributed by atoms with Gasteiger partial charge in [0.05, 0.1) is 17.5 Å². The number of fused-ring (bicyclic) bond motifs is 1. The minimum atomic E-state index is -3.58. The Morgan fingerprint density at radius 1 is 1.04 bits per heavy atom. The van der Waals surface area contributed by atoms with Crippen LogP contribution in [0, 0.1) is 0 Å². The first-order valence-corrected chi connectivity index (χ1v) is 10.2. The number of nitrogens with one attached hydrogen (secondary N) is 2. The lowest BCUT2D eigenvalue weighted by Gasteiger charge is -2.26. The second-order valence-corrected chi connectivity index (χ2v) is 8.34. The second-order valence-electron chi connectivity index (χ2n) is 6.62. The average molecular weight is 372 g/mol. The highest BCUT2D eigenvalue weighted by molar-refractivity contribution is 7.89. The molecule has 2 aromatic carbocycles. The van der Waals surface area contributed by atoms with Crippen molar-refractivity contribution in [2.24, 2.45) is 0 Å². The van der Waals surface area contributed by atoms with Crippen LogP contribution in [0.25, 0.3) is 0 Å². The van der Waals surface area contributed by atoms with Gasteiger partial charge in [-0.2, -0.15) is 0 Å².